The number of aliphatic imine (C=N–C) groups is 1. The second-order valence-corrected chi connectivity index (χ2v) is 10.8. The predicted molar refractivity (Wildman–Crippen MR) is 158 cm³/mol. The summed E-state index contributed by atoms with van der Waals surface area (Å²) in [7, 11) is 1.58. The summed E-state index contributed by atoms with van der Waals surface area (Å²) < 4.78 is 17.5. The van der Waals surface area contributed by atoms with Crippen molar-refractivity contribution in [1.29, 1.82) is 0 Å². The highest BCUT2D eigenvalue weighted by Gasteiger charge is 2.43. The Labute approximate surface area is 241 Å². The zero-order valence-corrected chi connectivity index (χ0v) is 24.7. The van der Waals surface area contributed by atoms with Crippen molar-refractivity contribution in [2.75, 3.05) is 13.7 Å². The molecule has 4 atom stereocenters. The van der Waals surface area contributed by atoms with Crippen molar-refractivity contribution >= 4 is 29.2 Å². The van der Waals surface area contributed by atoms with Crippen LogP contribution in [0, 0.1) is 19.8 Å². The van der Waals surface area contributed by atoms with Crippen molar-refractivity contribution in [3.8, 4) is 17.2 Å². The number of alkyl halides is 1. The zero-order valence-electron chi connectivity index (χ0n) is 23.9. The third-order valence-electron chi connectivity index (χ3n) is 7.00. The van der Waals surface area contributed by atoms with Gasteiger partial charge in [0, 0.05) is 12.5 Å². The smallest absolute Gasteiger partial charge is 0.261 e. The molecule has 0 spiro atoms. The fourth-order valence-corrected chi connectivity index (χ4v) is 4.90. The second kappa shape index (κ2) is 13.7. The molecule has 0 fully saturated rings. The number of fused-ring (bicyclic) bond motifs is 1. The van der Waals surface area contributed by atoms with Crippen molar-refractivity contribution < 1.29 is 19.0 Å². The molecule has 216 valence electrons. The van der Waals surface area contributed by atoms with Crippen LogP contribution in [0.5, 0.6) is 17.2 Å². The molecule has 1 amide bonds. The average Bonchev–Trinajstić information content (AvgIpc) is 3.49. The van der Waals surface area contributed by atoms with Crippen molar-refractivity contribution in [2.24, 2.45) is 16.0 Å². The summed E-state index contributed by atoms with van der Waals surface area (Å²) in [5.74, 6) is 2.69. The highest BCUT2D eigenvalue weighted by molar-refractivity contribution is 6.32. The Bertz CT molecular complexity index is 1240. The molecule has 0 bridgehead atoms. The van der Waals surface area contributed by atoms with Crippen LogP contribution in [0.15, 0.2) is 52.6 Å². The average molecular weight is 570 g/mol. The standard InChI is InChI=1S/C30H40ClN5O4/c1-6-7-8-9-14-25(39-22-16-15-19(2)17-20(22)3)29(37)32-18-21(4)27-33-28-26(31)30(35-36(28)34-27)40-24-13-11-10-12-23(24)38-5/h10-13,15-17,21,25-26,28H,6-9,14,18H2,1-5H3,(H,32,37)(H,33,34). The quantitative estimate of drug-likeness (QED) is 0.250. The van der Waals surface area contributed by atoms with E-state index in [-0.39, 0.29) is 11.8 Å². The van der Waals surface area contributed by atoms with Crippen LogP contribution in [-0.2, 0) is 4.79 Å². The number of aryl methyl sites for hydroxylation is 2. The molecule has 0 aromatic heterocycles. The molecule has 2 N–H and O–H groups in total. The van der Waals surface area contributed by atoms with Gasteiger partial charge in [0.05, 0.1) is 7.11 Å². The first-order chi connectivity index (χ1) is 19.3. The fraction of sp³-hybridized carbons (Fsp3) is 0.500. The third-order valence-corrected chi connectivity index (χ3v) is 7.41. The number of rotatable bonds is 13. The Morgan fingerprint density at radius 1 is 1.12 bits per heavy atom. The predicted octanol–water partition coefficient (Wildman–Crippen LogP) is 5.34. The monoisotopic (exact) mass is 569 g/mol. The number of nitrogens with zero attached hydrogens (tertiary/aromatic N) is 3. The molecule has 4 unspecified atom stereocenters. The molecule has 2 aromatic rings. The molecular formula is C30H40ClN5O4. The first-order valence-corrected chi connectivity index (χ1v) is 14.4. The van der Waals surface area contributed by atoms with Crippen molar-refractivity contribution in [3.63, 3.8) is 0 Å². The van der Waals surface area contributed by atoms with Gasteiger partial charge in [-0.2, -0.15) is 5.12 Å². The molecule has 2 aliphatic rings. The maximum Gasteiger partial charge on any atom is 0.261 e. The highest BCUT2D eigenvalue weighted by Crippen LogP contribution is 2.31. The number of amidine groups is 1. The molecule has 0 saturated heterocycles. The van der Waals surface area contributed by atoms with E-state index >= 15 is 0 Å². The van der Waals surface area contributed by atoms with Crippen LogP contribution in [0.25, 0.3) is 0 Å². The van der Waals surface area contributed by atoms with Gasteiger partial charge in [0.25, 0.3) is 5.91 Å². The Balaban J connectivity index is 1.33. The van der Waals surface area contributed by atoms with Gasteiger partial charge in [0.1, 0.15) is 11.6 Å². The summed E-state index contributed by atoms with van der Waals surface area (Å²) in [6.45, 7) is 8.62. The van der Waals surface area contributed by atoms with Crippen LogP contribution in [0.3, 0.4) is 0 Å². The zero-order chi connectivity index (χ0) is 28.6. The normalized spacial score (nSPS) is 19.2. The number of methoxy groups -OCH3 is 1. The Morgan fingerprint density at radius 3 is 2.60 bits per heavy atom. The van der Waals surface area contributed by atoms with Crippen molar-refractivity contribution in [1.82, 2.24) is 15.9 Å². The number of carbonyl (C=O) groups is 1. The number of nitrogens with one attached hydrogen (secondary N) is 2. The Morgan fingerprint density at radius 2 is 1.90 bits per heavy atom. The van der Waals surface area contributed by atoms with E-state index in [0.29, 0.717) is 36.2 Å². The summed E-state index contributed by atoms with van der Waals surface area (Å²) in [5, 5.41) is 8.55. The maximum absolute atomic E-state index is 13.2. The van der Waals surface area contributed by atoms with Crippen molar-refractivity contribution in [2.45, 2.75) is 77.4 Å². The van der Waals surface area contributed by atoms with E-state index in [1.165, 1.54) is 0 Å². The molecule has 4 rings (SSSR count). The molecule has 2 aliphatic heterocycles. The SMILES string of the molecule is CCCCCCC(Oc1ccc(C)cc1C)C(=O)NCC(C)C1=NC2C(Cl)C(Oc3ccccc3OC)=NN2N1. The number of unbranched alkanes of at least 4 members (excludes halogenated alkanes) is 3. The van der Waals surface area contributed by atoms with Gasteiger partial charge >= 0.3 is 0 Å². The number of ether oxygens (including phenoxy) is 3. The molecule has 9 nitrogen and oxygen atoms in total. The maximum atomic E-state index is 13.2. The van der Waals surface area contributed by atoms with Crippen LogP contribution < -0.4 is 25.0 Å². The molecule has 0 aliphatic carbocycles. The number of carbonyl (C=O) groups excluding carboxylic acids is 1. The van der Waals surface area contributed by atoms with Crippen LogP contribution >= 0.6 is 11.6 Å². The molecule has 2 heterocycles. The van der Waals surface area contributed by atoms with E-state index < -0.39 is 17.6 Å². The van der Waals surface area contributed by atoms with E-state index in [4.69, 9.17) is 30.8 Å². The number of hydrazine groups is 1. The minimum absolute atomic E-state index is 0.0888. The van der Waals surface area contributed by atoms with Gasteiger partial charge in [0.2, 0.25) is 5.90 Å². The van der Waals surface area contributed by atoms with Gasteiger partial charge in [-0.05, 0) is 50.5 Å². The van der Waals surface area contributed by atoms with Gasteiger partial charge in [-0.25, -0.2) is 4.99 Å². The Kier molecular flexibility index (Phi) is 10.1. The first-order valence-electron chi connectivity index (χ1n) is 14.0. The van der Waals surface area contributed by atoms with Gasteiger partial charge in [-0.15, -0.1) is 16.7 Å². The molecule has 10 heteroatoms. The first kappa shape index (κ1) is 29.5. The molecule has 40 heavy (non-hydrogen) atoms. The highest BCUT2D eigenvalue weighted by atomic mass is 35.5. The lowest BCUT2D eigenvalue weighted by atomic mass is 10.1. The molecule has 2 aromatic carbocycles. The summed E-state index contributed by atoms with van der Waals surface area (Å²) in [4.78, 5) is 18.0. The lowest BCUT2D eigenvalue weighted by molar-refractivity contribution is -0.128. The van der Waals surface area contributed by atoms with Crippen LogP contribution in [0.1, 0.15) is 57.1 Å². The van der Waals surface area contributed by atoms with Gasteiger partial charge in [-0.3, -0.25) is 10.2 Å². The molecular weight excluding hydrogens is 530 g/mol. The lowest BCUT2D eigenvalue weighted by Gasteiger charge is -2.22. The lowest BCUT2D eigenvalue weighted by Crippen LogP contribution is -2.44. The van der Waals surface area contributed by atoms with E-state index in [0.717, 1.165) is 42.6 Å². The van der Waals surface area contributed by atoms with Crippen LogP contribution in [0.2, 0.25) is 0 Å². The number of para-hydroxylation sites is 2. The van der Waals surface area contributed by atoms with E-state index in [1.807, 2.05) is 51.1 Å². The molecule has 0 saturated carbocycles. The number of benzene rings is 2. The number of hydrazone groups is 1. The van der Waals surface area contributed by atoms with E-state index in [9.17, 15) is 4.79 Å². The minimum Gasteiger partial charge on any atom is -0.493 e. The number of halogens is 1. The van der Waals surface area contributed by atoms with E-state index in [2.05, 4.69) is 28.8 Å². The minimum atomic E-state index is -0.588. The number of amides is 1. The number of hydrogen-bond acceptors (Lipinski definition) is 8. The van der Waals surface area contributed by atoms with Gasteiger partial charge < -0.3 is 19.5 Å². The van der Waals surface area contributed by atoms with Gasteiger partial charge in [-0.1, -0.05) is 62.9 Å². The Hall–Kier alpha value is -3.46. The number of hydrogen-bond donors (Lipinski definition) is 2. The summed E-state index contributed by atoms with van der Waals surface area (Å²) >= 11 is 6.66. The van der Waals surface area contributed by atoms with Crippen molar-refractivity contribution in [3.05, 3.63) is 53.6 Å². The van der Waals surface area contributed by atoms with Crippen LogP contribution in [-0.4, -0.2) is 54.1 Å². The van der Waals surface area contributed by atoms with Crippen LogP contribution in [0.4, 0.5) is 0 Å². The fourth-order valence-electron chi connectivity index (χ4n) is 4.65. The van der Waals surface area contributed by atoms with E-state index in [1.54, 1.807) is 18.3 Å². The summed E-state index contributed by atoms with van der Waals surface area (Å²) in [5.41, 5.74) is 5.38. The topological polar surface area (TPSA) is 96.8 Å². The van der Waals surface area contributed by atoms with Gasteiger partial charge in [0.15, 0.2) is 29.1 Å². The largest absolute Gasteiger partial charge is 0.493 e. The second-order valence-electron chi connectivity index (χ2n) is 10.3. The third kappa shape index (κ3) is 7.18. The summed E-state index contributed by atoms with van der Waals surface area (Å²) in [6, 6.07) is 13.3. The summed E-state index contributed by atoms with van der Waals surface area (Å²) in [6.07, 6.45) is 3.96. The molecule has 0 radical (unpaired) electrons.